The Morgan fingerprint density at radius 2 is 1.31 bits per heavy atom. The first-order chi connectivity index (χ1) is 12.5. The van der Waals surface area contributed by atoms with Crippen LogP contribution in [0.1, 0.15) is 103 Å². The smallest absolute Gasteiger partial charge is 0.328 e. The van der Waals surface area contributed by atoms with Crippen LogP contribution >= 0.6 is 7.82 Å². The van der Waals surface area contributed by atoms with Crippen molar-refractivity contribution in [3.63, 3.8) is 0 Å². The van der Waals surface area contributed by atoms with Gasteiger partial charge in [-0.05, 0) is 32.1 Å². The molecule has 0 aliphatic rings. The largest absolute Gasteiger partial charge is 0.469 e. The Hall–Kier alpha value is -0.190. The number of phosphoric acid groups is 1. The zero-order valence-corrected chi connectivity index (χ0v) is 17.7. The van der Waals surface area contributed by atoms with E-state index in [4.69, 9.17) is 15.5 Å². The number of nitrogens with two attached hydrogens (primary N) is 1. The summed E-state index contributed by atoms with van der Waals surface area (Å²) in [6.45, 7) is 2.40. The van der Waals surface area contributed by atoms with Crippen molar-refractivity contribution in [2.45, 2.75) is 109 Å². The lowest BCUT2D eigenvalue weighted by Crippen LogP contribution is -2.22. The number of allylic oxidation sites excluding steroid dienone is 2. The number of hydrogen-bond acceptors (Lipinski definition) is 3. The molecule has 0 spiro atoms. The molecule has 0 rings (SSSR count). The fourth-order valence-corrected chi connectivity index (χ4v) is 3.61. The van der Waals surface area contributed by atoms with Crippen molar-refractivity contribution in [2.24, 2.45) is 5.73 Å². The van der Waals surface area contributed by atoms with Crippen molar-refractivity contribution >= 4 is 7.82 Å². The summed E-state index contributed by atoms with van der Waals surface area (Å²) in [5.74, 6) is 0. The normalized spacial score (nSPS) is 13.5. The molecule has 0 saturated carbocycles. The van der Waals surface area contributed by atoms with Gasteiger partial charge in [0.2, 0.25) is 0 Å². The van der Waals surface area contributed by atoms with Crippen molar-refractivity contribution < 1.29 is 18.9 Å². The van der Waals surface area contributed by atoms with E-state index >= 15 is 0 Å². The van der Waals surface area contributed by atoms with E-state index in [9.17, 15) is 4.57 Å². The molecule has 0 aliphatic carbocycles. The SMILES string of the molecule is CCCCCCCC/C=C\CCCCCCCCC(CN)OP(=O)(O)O. The molecule has 0 bridgehead atoms. The van der Waals surface area contributed by atoms with Crippen molar-refractivity contribution in [2.75, 3.05) is 6.54 Å². The Balaban J connectivity index is 3.33. The molecule has 1 unspecified atom stereocenters. The lowest BCUT2D eigenvalue weighted by Gasteiger charge is -2.15. The molecule has 156 valence electrons. The predicted octanol–water partition coefficient (Wildman–Crippen LogP) is 5.85. The molecule has 5 nitrogen and oxygen atoms in total. The first kappa shape index (κ1) is 25.8. The third kappa shape index (κ3) is 20.1. The van der Waals surface area contributed by atoms with E-state index in [2.05, 4.69) is 23.6 Å². The molecule has 0 aromatic carbocycles. The highest BCUT2D eigenvalue weighted by Crippen LogP contribution is 2.38. The van der Waals surface area contributed by atoms with Crippen LogP contribution in [0.5, 0.6) is 0 Å². The van der Waals surface area contributed by atoms with E-state index in [-0.39, 0.29) is 6.54 Å². The summed E-state index contributed by atoms with van der Waals surface area (Å²) < 4.78 is 15.4. The lowest BCUT2D eigenvalue weighted by atomic mass is 10.1. The highest BCUT2D eigenvalue weighted by molar-refractivity contribution is 7.46. The predicted molar refractivity (Wildman–Crippen MR) is 110 cm³/mol. The standard InChI is InChI=1S/C20H42NO4P/c1-2-3-4-5-6-7-8-9-10-11-12-13-14-15-16-17-18-20(19-21)25-26(22,23)24/h9-10,20H,2-8,11-19,21H2,1H3,(H2,22,23,24)/b10-9-. The molecule has 0 saturated heterocycles. The summed E-state index contributed by atoms with van der Waals surface area (Å²) in [5.41, 5.74) is 5.47. The second-order valence-electron chi connectivity index (χ2n) is 7.18. The lowest BCUT2D eigenvalue weighted by molar-refractivity contribution is 0.129. The van der Waals surface area contributed by atoms with Crippen LogP contribution in [-0.4, -0.2) is 22.4 Å². The second kappa shape index (κ2) is 18.2. The van der Waals surface area contributed by atoms with Gasteiger partial charge in [0, 0.05) is 6.54 Å². The Morgan fingerprint density at radius 1 is 0.846 bits per heavy atom. The van der Waals surface area contributed by atoms with Gasteiger partial charge in [-0.3, -0.25) is 4.52 Å². The summed E-state index contributed by atoms with van der Waals surface area (Å²) >= 11 is 0. The first-order valence-corrected chi connectivity index (χ1v) is 12.1. The zero-order chi connectivity index (χ0) is 19.5. The maximum Gasteiger partial charge on any atom is 0.469 e. The van der Waals surface area contributed by atoms with Gasteiger partial charge < -0.3 is 15.5 Å². The van der Waals surface area contributed by atoms with Crippen molar-refractivity contribution in [1.82, 2.24) is 0 Å². The van der Waals surface area contributed by atoms with E-state index in [0.29, 0.717) is 6.42 Å². The molecule has 0 aromatic heterocycles. The zero-order valence-electron chi connectivity index (χ0n) is 16.8. The maximum atomic E-state index is 10.8. The molecule has 1 atom stereocenters. The Labute approximate surface area is 161 Å². The summed E-state index contributed by atoms with van der Waals surface area (Å²) in [6, 6.07) is 0. The highest BCUT2D eigenvalue weighted by atomic mass is 31.2. The molecule has 0 heterocycles. The fourth-order valence-electron chi connectivity index (χ4n) is 3.03. The summed E-state index contributed by atoms with van der Waals surface area (Å²) in [6.07, 6.45) is 22.2. The van der Waals surface area contributed by atoms with Crippen LogP contribution in [0.25, 0.3) is 0 Å². The van der Waals surface area contributed by atoms with Crippen LogP contribution in [0.4, 0.5) is 0 Å². The van der Waals surface area contributed by atoms with Crippen molar-refractivity contribution in [3.05, 3.63) is 12.2 Å². The molecule has 0 fully saturated rings. The highest BCUT2D eigenvalue weighted by Gasteiger charge is 2.20. The monoisotopic (exact) mass is 391 g/mol. The van der Waals surface area contributed by atoms with Gasteiger partial charge in [-0.15, -0.1) is 0 Å². The van der Waals surface area contributed by atoms with E-state index in [0.717, 1.165) is 19.3 Å². The van der Waals surface area contributed by atoms with Crippen LogP contribution in [0, 0.1) is 0 Å². The molecule has 4 N–H and O–H groups in total. The topological polar surface area (TPSA) is 92.8 Å². The van der Waals surface area contributed by atoms with Crippen LogP contribution in [0.3, 0.4) is 0 Å². The Morgan fingerprint density at radius 3 is 1.77 bits per heavy atom. The van der Waals surface area contributed by atoms with Gasteiger partial charge in [-0.25, -0.2) is 4.57 Å². The van der Waals surface area contributed by atoms with Crippen LogP contribution in [0.15, 0.2) is 12.2 Å². The Kier molecular flexibility index (Phi) is 18.1. The molecular weight excluding hydrogens is 349 g/mol. The average molecular weight is 392 g/mol. The number of rotatable bonds is 19. The number of unbranched alkanes of at least 4 members (excludes halogenated alkanes) is 12. The molecule has 26 heavy (non-hydrogen) atoms. The van der Waals surface area contributed by atoms with E-state index in [1.54, 1.807) is 0 Å². The van der Waals surface area contributed by atoms with Gasteiger partial charge in [-0.1, -0.05) is 83.3 Å². The molecule has 0 aliphatic heterocycles. The third-order valence-electron chi connectivity index (χ3n) is 4.59. The van der Waals surface area contributed by atoms with Crippen LogP contribution < -0.4 is 5.73 Å². The molecule has 0 amide bonds. The first-order valence-electron chi connectivity index (χ1n) is 10.6. The summed E-state index contributed by atoms with van der Waals surface area (Å²) in [4.78, 5) is 17.6. The van der Waals surface area contributed by atoms with Gasteiger partial charge in [0.1, 0.15) is 0 Å². The quantitative estimate of drug-likeness (QED) is 0.146. The van der Waals surface area contributed by atoms with Crippen LogP contribution in [-0.2, 0) is 9.09 Å². The Bertz CT molecular complexity index is 371. The third-order valence-corrected chi connectivity index (χ3v) is 5.16. The second-order valence-corrected chi connectivity index (χ2v) is 8.37. The van der Waals surface area contributed by atoms with E-state index < -0.39 is 13.9 Å². The maximum absolute atomic E-state index is 10.8. The minimum Gasteiger partial charge on any atom is -0.328 e. The number of hydrogen-bond donors (Lipinski definition) is 3. The molecule has 0 aromatic rings. The van der Waals surface area contributed by atoms with Gasteiger partial charge in [0.05, 0.1) is 6.10 Å². The van der Waals surface area contributed by atoms with Crippen molar-refractivity contribution in [1.29, 1.82) is 0 Å². The summed E-state index contributed by atoms with van der Waals surface area (Å²) in [5, 5.41) is 0. The van der Waals surface area contributed by atoms with E-state index in [1.807, 2.05) is 0 Å². The summed E-state index contributed by atoms with van der Waals surface area (Å²) in [7, 11) is -4.42. The van der Waals surface area contributed by atoms with Crippen molar-refractivity contribution in [3.8, 4) is 0 Å². The number of phosphoric ester groups is 1. The molecule has 6 heteroatoms. The van der Waals surface area contributed by atoms with E-state index in [1.165, 1.54) is 70.6 Å². The molecular formula is C20H42NO4P. The van der Waals surface area contributed by atoms with Gasteiger partial charge >= 0.3 is 7.82 Å². The minimum absolute atomic E-state index is 0.149. The van der Waals surface area contributed by atoms with Gasteiger partial charge in [0.25, 0.3) is 0 Å². The van der Waals surface area contributed by atoms with Gasteiger partial charge in [0.15, 0.2) is 0 Å². The average Bonchev–Trinajstić information content (AvgIpc) is 2.59. The minimum atomic E-state index is -4.42. The fraction of sp³-hybridized carbons (Fsp3) is 0.900. The van der Waals surface area contributed by atoms with Crippen LogP contribution in [0.2, 0.25) is 0 Å². The van der Waals surface area contributed by atoms with Gasteiger partial charge in [-0.2, -0.15) is 0 Å². The molecule has 0 radical (unpaired) electrons.